The second-order valence-corrected chi connectivity index (χ2v) is 6.51. The smallest absolute Gasteiger partial charge is 0.311 e. The first-order chi connectivity index (χ1) is 9.97. The summed E-state index contributed by atoms with van der Waals surface area (Å²) in [6, 6.07) is 0.257. The minimum absolute atomic E-state index is 0.0599. The van der Waals surface area contributed by atoms with E-state index in [9.17, 15) is 14.7 Å². The van der Waals surface area contributed by atoms with Crippen LogP contribution in [0.4, 0.5) is 0 Å². The van der Waals surface area contributed by atoms with Crippen LogP contribution in [0.15, 0.2) is 0 Å². The van der Waals surface area contributed by atoms with Crippen molar-refractivity contribution in [2.75, 3.05) is 32.7 Å². The number of aliphatic carboxylic acids is 1. The zero-order valence-corrected chi connectivity index (χ0v) is 12.9. The first kappa shape index (κ1) is 16.2. The van der Waals surface area contributed by atoms with Crippen molar-refractivity contribution in [2.24, 2.45) is 11.1 Å². The summed E-state index contributed by atoms with van der Waals surface area (Å²) in [6.07, 6.45) is 3.92. The summed E-state index contributed by atoms with van der Waals surface area (Å²) in [5.41, 5.74) is 5.14. The van der Waals surface area contributed by atoms with E-state index in [4.69, 9.17) is 5.73 Å². The zero-order valence-electron chi connectivity index (χ0n) is 12.9. The van der Waals surface area contributed by atoms with E-state index in [1.807, 2.05) is 6.92 Å². The number of rotatable bonds is 5. The summed E-state index contributed by atoms with van der Waals surface area (Å²) in [6.45, 7) is 5.04. The molecule has 2 saturated heterocycles. The highest BCUT2D eigenvalue weighted by atomic mass is 16.4. The molecule has 0 aliphatic carbocycles. The fraction of sp³-hybridized carbons (Fsp3) is 0.867. The zero-order chi connectivity index (χ0) is 15.5. The first-order valence-electron chi connectivity index (χ1n) is 7.96. The SMILES string of the molecule is CCCC1(C(=O)O)CCN(C(=O)CN2CCC(N)CC2)C1. The van der Waals surface area contributed by atoms with Crippen molar-refractivity contribution < 1.29 is 14.7 Å². The van der Waals surface area contributed by atoms with Crippen LogP contribution in [0.25, 0.3) is 0 Å². The van der Waals surface area contributed by atoms with Crippen LogP contribution in [-0.4, -0.2) is 65.5 Å². The number of carboxylic acids is 1. The number of piperidine rings is 1. The molecule has 1 unspecified atom stereocenters. The summed E-state index contributed by atoms with van der Waals surface area (Å²) in [5, 5.41) is 9.48. The van der Waals surface area contributed by atoms with Gasteiger partial charge in [-0.25, -0.2) is 0 Å². The maximum atomic E-state index is 12.4. The van der Waals surface area contributed by atoms with Crippen molar-refractivity contribution >= 4 is 11.9 Å². The van der Waals surface area contributed by atoms with Gasteiger partial charge in [0.1, 0.15) is 0 Å². The van der Waals surface area contributed by atoms with Gasteiger partial charge in [0, 0.05) is 32.2 Å². The van der Waals surface area contributed by atoms with Crippen LogP contribution in [0, 0.1) is 5.41 Å². The molecule has 0 spiro atoms. The number of nitrogens with two attached hydrogens (primary N) is 1. The number of carbonyl (C=O) groups is 2. The van der Waals surface area contributed by atoms with Gasteiger partial charge in [0.2, 0.25) is 5.91 Å². The third-order valence-electron chi connectivity index (χ3n) is 4.88. The number of hydrogen-bond acceptors (Lipinski definition) is 4. The Morgan fingerprint density at radius 3 is 2.52 bits per heavy atom. The van der Waals surface area contributed by atoms with Gasteiger partial charge in [0.05, 0.1) is 12.0 Å². The molecule has 0 radical (unpaired) electrons. The van der Waals surface area contributed by atoms with Crippen molar-refractivity contribution in [3.8, 4) is 0 Å². The maximum absolute atomic E-state index is 12.4. The van der Waals surface area contributed by atoms with Crippen molar-refractivity contribution in [3.05, 3.63) is 0 Å². The highest BCUT2D eigenvalue weighted by Gasteiger charge is 2.45. The summed E-state index contributed by atoms with van der Waals surface area (Å²) >= 11 is 0. The molecule has 1 atom stereocenters. The molecule has 6 heteroatoms. The lowest BCUT2D eigenvalue weighted by Gasteiger charge is -2.31. The van der Waals surface area contributed by atoms with Gasteiger partial charge < -0.3 is 15.7 Å². The van der Waals surface area contributed by atoms with Crippen molar-refractivity contribution in [1.82, 2.24) is 9.80 Å². The van der Waals surface area contributed by atoms with Gasteiger partial charge in [0.25, 0.3) is 0 Å². The number of hydrogen-bond donors (Lipinski definition) is 2. The van der Waals surface area contributed by atoms with Gasteiger partial charge in [-0.3, -0.25) is 14.5 Å². The van der Waals surface area contributed by atoms with Gasteiger partial charge in [-0.2, -0.15) is 0 Å². The lowest BCUT2D eigenvalue weighted by molar-refractivity contribution is -0.149. The molecule has 120 valence electrons. The third-order valence-corrected chi connectivity index (χ3v) is 4.88. The van der Waals surface area contributed by atoms with Crippen LogP contribution in [0.5, 0.6) is 0 Å². The molecule has 3 N–H and O–H groups in total. The van der Waals surface area contributed by atoms with Crippen LogP contribution < -0.4 is 5.73 Å². The van der Waals surface area contributed by atoms with Crippen LogP contribution in [-0.2, 0) is 9.59 Å². The molecular weight excluding hydrogens is 270 g/mol. The monoisotopic (exact) mass is 297 g/mol. The molecule has 6 nitrogen and oxygen atoms in total. The second kappa shape index (κ2) is 6.75. The maximum Gasteiger partial charge on any atom is 0.311 e. The summed E-state index contributed by atoms with van der Waals surface area (Å²) in [4.78, 5) is 27.8. The molecular formula is C15H27N3O3. The highest BCUT2D eigenvalue weighted by molar-refractivity contribution is 5.81. The lowest BCUT2D eigenvalue weighted by Crippen LogP contribution is -2.46. The van der Waals surface area contributed by atoms with Gasteiger partial charge in [-0.05, 0) is 25.7 Å². The molecule has 0 aromatic heterocycles. The van der Waals surface area contributed by atoms with E-state index >= 15 is 0 Å². The van der Waals surface area contributed by atoms with Gasteiger partial charge in [0.15, 0.2) is 0 Å². The molecule has 2 heterocycles. The Bertz CT molecular complexity index is 394. The standard InChI is InChI=1S/C15H27N3O3/c1-2-5-15(14(20)21)6-9-18(11-15)13(19)10-17-7-3-12(16)4-8-17/h12H,2-11,16H2,1H3,(H,20,21). The van der Waals surface area contributed by atoms with E-state index < -0.39 is 11.4 Å². The lowest BCUT2D eigenvalue weighted by atomic mass is 9.83. The van der Waals surface area contributed by atoms with Crippen molar-refractivity contribution in [1.29, 1.82) is 0 Å². The topological polar surface area (TPSA) is 86.9 Å². The van der Waals surface area contributed by atoms with E-state index in [1.165, 1.54) is 0 Å². The molecule has 0 aromatic rings. The number of amides is 1. The van der Waals surface area contributed by atoms with Gasteiger partial charge in [-0.15, -0.1) is 0 Å². The average Bonchev–Trinajstić information content (AvgIpc) is 2.88. The molecule has 21 heavy (non-hydrogen) atoms. The molecule has 2 aliphatic rings. The Morgan fingerprint density at radius 2 is 1.95 bits per heavy atom. The van der Waals surface area contributed by atoms with E-state index in [0.717, 1.165) is 32.4 Å². The average molecular weight is 297 g/mol. The Labute approximate surface area is 126 Å². The Balaban J connectivity index is 1.88. The van der Waals surface area contributed by atoms with E-state index in [-0.39, 0.29) is 11.9 Å². The Kier molecular flexibility index (Phi) is 5.22. The van der Waals surface area contributed by atoms with Crippen molar-refractivity contribution in [3.63, 3.8) is 0 Å². The largest absolute Gasteiger partial charge is 0.481 e. The summed E-state index contributed by atoms with van der Waals surface area (Å²) in [7, 11) is 0. The molecule has 0 saturated carbocycles. The van der Waals surface area contributed by atoms with E-state index in [2.05, 4.69) is 4.90 Å². The number of likely N-dealkylation sites (tertiary alicyclic amines) is 2. The summed E-state index contributed by atoms with van der Waals surface area (Å²) < 4.78 is 0. The first-order valence-corrected chi connectivity index (χ1v) is 7.96. The predicted molar refractivity (Wildman–Crippen MR) is 79.8 cm³/mol. The molecule has 2 aliphatic heterocycles. The van der Waals surface area contributed by atoms with Crippen LogP contribution in [0.3, 0.4) is 0 Å². The third kappa shape index (κ3) is 3.74. The summed E-state index contributed by atoms with van der Waals surface area (Å²) in [5.74, 6) is -0.701. The Morgan fingerprint density at radius 1 is 1.29 bits per heavy atom. The van der Waals surface area contributed by atoms with Crippen LogP contribution in [0.2, 0.25) is 0 Å². The minimum atomic E-state index is -0.761. The fourth-order valence-electron chi connectivity index (χ4n) is 3.45. The van der Waals surface area contributed by atoms with Gasteiger partial charge >= 0.3 is 5.97 Å². The molecule has 2 rings (SSSR count). The quantitative estimate of drug-likeness (QED) is 0.772. The van der Waals surface area contributed by atoms with Crippen LogP contribution >= 0.6 is 0 Å². The number of carboxylic acid groups (broad SMARTS) is 1. The van der Waals surface area contributed by atoms with E-state index in [0.29, 0.717) is 32.5 Å². The van der Waals surface area contributed by atoms with Crippen molar-refractivity contribution in [2.45, 2.75) is 45.1 Å². The molecule has 2 fully saturated rings. The van der Waals surface area contributed by atoms with E-state index in [1.54, 1.807) is 4.90 Å². The second-order valence-electron chi connectivity index (χ2n) is 6.51. The fourth-order valence-corrected chi connectivity index (χ4v) is 3.45. The van der Waals surface area contributed by atoms with Gasteiger partial charge in [-0.1, -0.05) is 13.3 Å². The molecule has 0 bridgehead atoms. The predicted octanol–water partition coefficient (Wildman–Crippen LogP) is 0.513. The highest BCUT2D eigenvalue weighted by Crippen LogP contribution is 2.35. The minimum Gasteiger partial charge on any atom is -0.481 e. The number of nitrogens with zero attached hydrogens (tertiary/aromatic N) is 2. The number of carbonyl (C=O) groups excluding carboxylic acids is 1. The molecule has 1 amide bonds. The molecule has 0 aromatic carbocycles. The normalized spacial score (nSPS) is 28.0. The van der Waals surface area contributed by atoms with Crippen LogP contribution in [0.1, 0.15) is 39.0 Å². The Hall–Kier alpha value is -1.14.